The first-order chi connectivity index (χ1) is 14.1. The summed E-state index contributed by atoms with van der Waals surface area (Å²) < 4.78 is 0. The number of carbonyl (C=O) groups excluding carboxylic acids is 2. The molecule has 7 heteroatoms. The van der Waals surface area contributed by atoms with E-state index >= 15 is 0 Å². The van der Waals surface area contributed by atoms with Crippen LogP contribution in [0.2, 0.25) is 0 Å². The minimum atomic E-state index is -0.195. The van der Waals surface area contributed by atoms with Crippen LogP contribution in [0, 0.1) is 0 Å². The highest BCUT2D eigenvalue weighted by atomic mass is 32.2. The van der Waals surface area contributed by atoms with Gasteiger partial charge in [-0.1, -0.05) is 31.4 Å². The second kappa shape index (κ2) is 10.7. The largest absolute Gasteiger partial charge is 0.342 e. The number of nitrogens with one attached hydrogen (secondary N) is 1. The molecule has 29 heavy (non-hydrogen) atoms. The van der Waals surface area contributed by atoms with Crippen molar-refractivity contribution in [3.8, 4) is 0 Å². The fourth-order valence-electron chi connectivity index (χ4n) is 3.47. The second-order valence-electron chi connectivity index (χ2n) is 7.12. The summed E-state index contributed by atoms with van der Waals surface area (Å²) in [6, 6.07) is 11.5. The van der Waals surface area contributed by atoms with Gasteiger partial charge in [-0.2, -0.15) is 0 Å². The number of thioether (sulfide) groups is 2. The Morgan fingerprint density at radius 3 is 2.59 bits per heavy atom. The van der Waals surface area contributed by atoms with Gasteiger partial charge < -0.3 is 10.2 Å². The van der Waals surface area contributed by atoms with Crippen LogP contribution in [-0.2, 0) is 4.79 Å². The predicted octanol–water partition coefficient (Wildman–Crippen LogP) is 4.94. The van der Waals surface area contributed by atoms with E-state index in [4.69, 9.17) is 0 Å². The zero-order valence-electron chi connectivity index (χ0n) is 16.9. The molecule has 0 radical (unpaired) electrons. The monoisotopic (exact) mass is 429 g/mol. The molecule has 1 saturated carbocycles. The molecule has 2 aromatic rings. The number of hydrogen-bond donors (Lipinski definition) is 1. The predicted molar refractivity (Wildman–Crippen MR) is 121 cm³/mol. The maximum atomic E-state index is 12.8. The zero-order chi connectivity index (χ0) is 20.6. The molecule has 1 N–H and O–H groups in total. The standard InChI is InChI=1S/C22H27N3O2S2/c1-25(17-8-4-3-5-9-17)21(26)15-29-19-11-7-6-10-18(19)22(27)24-16-12-13-20(28-2)23-14-16/h6-7,10-14,17H,3-5,8-9,15H2,1-2H3,(H,24,27). The van der Waals surface area contributed by atoms with E-state index in [2.05, 4.69) is 10.3 Å². The van der Waals surface area contributed by atoms with Gasteiger partial charge in [0.15, 0.2) is 0 Å². The summed E-state index contributed by atoms with van der Waals surface area (Å²) in [4.78, 5) is 32.4. The third-order valence-corrected chi connectivity index (χ3v) is 6.92. The summed E-state index contributed by atoms with van der Waals surface area (Å²) in [5, 5.41) is 3.80. The number of anilines is 1. The minimum Gasteiger partial charge on any atom is -0.342 e. The van der Waals surface area contributed by atoms with Crippen molar-refractivity contribution < 1.29 is 9.59 Å². The molecule has 0 spiro atoms. The quantitative estimate of drug-likeness (QED) is 0.632. The molecular formula is C22H27N3O2S2. The van der Waals surface area contributed by atoms with Gasteiger partial charge in [0.25, 0.3) is 5.91 Å². The maximum Gasteiger partial charge on any atom is 0.256 e. The molecule has 154 valence electrons. The van der Waals surface area contributed by atoms with Crippen LogP contribution in [0.4, 0.5) is 5.69 Å². The van der Waals surface area contributed by atoms with Crippen LogP contribution in [0.1, 0.15) is 42.5 Å². The summed E-state index contributed by atoms with van der Waals surface area (Å²) in [7, 11) is 1.91. The molecule has 1 aliphatic carbocycles. The van der Waals surface area contributed by atoms with Gasteiger partial charge >= 0.3 is 0 Å². The van der Waals surface area contributed by atoms with Gasteiger partial charge in [-0.25, -0.2) is 4.98 Å². The van der Waals surface area contributed by atoms with E-state index in [0.717, 1.165) is 22.8 Å². The number of amides is 2. The normalized spacial score (nSPS) is 14.4. The molecule has 0 saturated heterocycles. The van der Waals surface area contributed by atoms with Gasteiger partial charge in [0, 0.05) is 18.0 Å². The molecule has 5 nitrogen and oxygen atoms in total. The van der Waals surface area contributed by atoms with Gasteiger partial charge in [0.05, 0.1) is 28.2 Å². The second-order valence-corrected chi connectivity index (χ2v) is 8.97. The highest BCUT2D eigenvalue weighted by Crippen LogP contribution is 2.26. The van der Waals surface area contributed by atoms with Gasteiger partial charge in [-0.3, -0.25) is 9.59 Å². The molecule has 1 aliphatic rings. The summed E-state index contributed by atoms with van der Waals surface area (Å²) in [5.74, 6) is 0.259. The molecule has 1 aromatic carbocycles. The topological polar surface area (TPSA) is 62.3 Å². The lowest BCUT2D eigenvalue weighted by atomic mass is 9.94. The number of aromatic nitrogens is 1. The van der Waals surface area contributed by atoms with Crippen molar-refractivity contribution in [2.75, 3.05) is 24.4 Å². The fourth-order valence-corrected chi connectivity index (χ4v) is 4.80. The number of benzene rings is 1. The molecule has 1 heterocycles. The Kier molecular flexibility index (Phi) is 8.00. The number of carbonyl (C=O) groups is 2. The van der Waals surface area contributed by atoms with Gasteiger partial charge in [-0.05, 0) is 43.4 Å². The van der Waals surface area contributed by atoms with Crippen molar-refractivity contribution in [3.05, 3.63) is 48.2 Å². The fraction of sp³-hybridized carbons (Fsp3) is 0.409. The summed E-state index contributed by atoms with van der Waals surface area (Å²) in [6.45, 7) is 0. The molecule has 0 bridgehead atoms. The van der Waals surface area contributed by atoms with Crippen LogP contribution in [0.3, 0.4) is 0 Å². The number of nitrogens with zero attached hydrogens (tertiary/aromatic N) is 2. The average Bonchev–Trinajstić information content (AvgIpc) is 2.78. The Morgan fingerprint density at radius 2 is 1.90 bits per heavy atom. The molecule has 0 atom stereocenters. The number of hydrogen-bond acceptors (Lipinski definition) is 5. The highest BCUT2D eigenvalue weighted by molar-refractivity contribution is 8.00. The first-order valence-electron chi connectivity index (χ1n) is 9.87. The van der Waals surface area contributed by atoms with Crippen LogP contribution in [-0.4, -0.2) is 46.8 Å². The van der Waals surface area contributed by atoms with Crippen molar-refractivity contribution in [3.63, 3.8) is 0 Å². The Labute approximate surface area is 181 Å². The van der Waals surface area contributed by atoms with Crippen molar-refractivity contribution >= 4 is 41.0 Å². The lowest BCUT2D eigenvalue weighted by molar-refractivity contribution is -0.129. The van der Waals surface area contributed by atoms with Crippen molar-refractivity contribution in [1.82, 2.24) is 9.88 Å². The number of pyridine rings is 1. The van der Waals surface area contributed by atoms with E-state index in [1.807, 2.05) is 48.5 Å². The summed E-state index contributed by atoms with van der Waals surface area (Å²) >= 11 is 2.98. The Balaban J connectivity index is 1.61. The van der Waals surface area contributed by atoms with Gasteiger partial charge in [-0.15, -0.1) is 23.5 Å². The smallest absolute Gasteiger partial charge is 0.256 e. The molecule has 0 aliphatic heterocycles. The Hall–Kier alpha value is -1.99. The molecular weight excluding hydrogens is 402 g/mol. The SMILES string of the molecule is CSc1ccc(NC(=O)c2ccccc2SCC(=O)N(C)C2CCCCC2)cn1. The van der Waals surface area contributed by atoms with Crippen molar-refractivity contribution in [2.45, 2.75) is 48.1 Å². The average molecular weight is 430 g/mol. The van der Waals surface area contributed by atoms with Crippen LogP contribution >= 0.6 is 23.5 Å². The minimum absolute atomic E-state index is 0.119. The van der Waals surface area contributed by atoms with E-state index in [9.17, 15) is 9.59 Å². The summed E-state index contributed by atoms with van der Waals surface area (Å²) in [5.41, 5.74) is 1.22. The van der Waals surface area contributed by atoms with Crippen LogP contribution < -0.4 is 5.32 Å². The maximum absolute atomic E-state index is 12.8. The highest BCUT2D eigenvalue weighted by Gasteiger charge is 2.22. The third-order valence-electron chi connectivity index (χ3n) is 5.20. The van der Waals surface area contributed by atoms with E-state index in [-0.39, 0.29) is 11.8 Å². The van der Waals surface area contributed by atoms with E-state index in [0.29, 0.717) is 23.0 Å². The van der Waals surface area contributed by atoms with Crippen molar-refractivity contribution in [1.29, 1.82) is 0 Å². The molecule has 3 rings (SSSR count). The van der Waals surface area contributed by atoms with Crippen LogP contribution in [0.15, 0.2) is 52.5 Å². The molecule has 1 fully saturated rings. The van der Waals surface area contributed by atoms with Gasteiger partial charge in [0.2, 0.25) is 5.91 Å². The molecule has 0 unspecified atom stereocenters. The molecule has 2 amide bonds. The van der Waals surface area contributed by atoms with Crippen LogP contribution in [0.25, 0.3) is 0 Å². The van der Waals surface area contributed by atoms with Crippen LogP contribution in [0.5, 0.6) is 0 Å². The lowest BCUT2D eigenvalue weighted by Crippen LogP contribution is -2.39. The van der Waals surface area contributed by atoms with E-state index in [1.165, 1.54) is 31.0 Å². The first kappa shape index (κ1) is 21.7. The van der Waals surface area contributed by atoms with E-state index in [1.54, 1.807) is 24.0 Å². The summed E-state index contributed by atoms with van der Waals surface area (Å²) in [6.07, 6.45) is 9.47. The van der Waals surface area contributed by atoms with Gasteiger partial charge in [0.1, 0.15) is 0 Å². The third kappa shape index (κ3) is 6.00. The first-order valence-corrected chi connectivity index (χ1v) is 12.1. The zero-order valence-corrected chi connectivity index (χ0v) is 18.5. The Morgan fingerprint density at radius 1 is 1.14 bits per heavy atom. The Bertz CT molecular complexity index is 836. The molecule has 1 aromatic heterocycles. The lowest BCUT2D eigenvalue weighted by Gasteiger charge is -2.31. The number of rotatable bonds is 7. The van der Waals surface area contributed by atoms with Crippen molar-refractivity contribution in [2.24, 2.45) is 0 Å². The van der Waals surface area contributed by atoms with E-state index < -0.39 is 0 Å².